The predicted molar refractivity (Wildman–Crippen MR) is 117 cm³/mol. The van der Waals surface area contributed by atoms with Crippen molar-refractivity contribution in [1.82, 2.24) is 4.90 Å². The molecule has 4 heterocycles. The van der Waals surface area contributed by atoms with Crippen LogP contribution in [0, 0.1) is 0 Å². The van der Waals surface area contributed by atoms with Crippen molar-refractivity contribution < 1.29 is 17.7 Å². The van der Waals surface area contributed by atoms with Crippen LogP contribution in [-0.2, 0) is 13.3 Å². The van der Waals surface area contributed by atoms with E-state index in [0.717, 1.165) is 55.1 Å². The van der Waals surface area contributed by atoms with Gasteiger partial charge in [0.25, 0.3) is 0 Å². The smallest absolute Gasteiger partial charge is 0.465 e. The minimum absolute atomic E-state index is 0.708. The SMILES string of the molecule is CCCCSC(C=NCCC[Si]12OCCN(CCO1)CCO2)=Cc1ccco1. The highest BCUT2D eigenvalue weighted by molar-refractivity contribution is 8.04. The van der Waals surface area contributed by atoms with E-state index in [4.69, 9.17) is 17.7 Å². The molecule has 1 aromatic rings. The number of aliphatic imine (C=N–C) groups is 1. The highest BCUT2D eigenvalue weighted by Crippen LogP contribution is 2.22. The van der Waals surface area contributed by atoms with Crippen LogP contribution in [0.3, 0.4) is 0 Å². The summed E-state index contributed by atoms with van der Waals surface area (Å²) >= 11 is 1.83. The molecule has 3 aliphatic heterocycles. The van der Waals surface area contributed by atoms with Gasteiger partial charge in [-0.25, -0.2) is 0 Å². The zero-order valence-electron chi connectivity index (χ0n) is 16.8. The number of unbranched alkanes of at least 4 members (excludes halogenated alkanes) is 1. The minimum atomic E-state index is -2.52. The highest BCUT2D eigenvalue weighted by atomic mass is 32.2. The lowest BCUT2D eigenvalue weighted by molar-refractivity contribution is -0.00841. The molecule has 0 saturated carbocycles. The summed E-state index contributed by atoms with van der Waals surface area (Å²) in [6.45, 7) is 8.03. The molecule has 156 valence electrons. The van der Waals surface area contributed by atoms with Crippen LogP contribution in [0.4, 0.5) is 0 Å². The Labute approximate surface area is 173 Å². The number of fused-ring (bicyclic) bond motifs is 6. The van der Waals surface area contributed by atoms with Gasteiger partial charge < -0.3 is 17.7 Å². The molecule has 6 nitrogen and oxygen atoms in total. The first-order valence-corrected chi connectivity index (χ1v) is 13.2. The Hall–Kier alpha value is -0.903. The van der Waals surface area contributed by atoms with E-state index in [9.17, 15) is 0 Å². The molecule has 0 radical (unpaired) electrons. The van der Waals surface area contributed by atoms with Crippen LogP contribution < -0.4 is 0 Å². The Morgan fingerprint density at radius 3 is 2.57 bits per heavy atom. The van der Waals surface area contributed by atoms with Crippen molar-refractivity contribution in [3.8, 4) is 0 Å². The van der Waals surface area contributed by atoms with Crippen molar-refractivity contribution in [3.63, 3.8) is 0 Å². The van der Waals surface area contributed by atoms with Crippen LogP contribution in [0.25, 0.3) is 6.08 Å². The van der Waals surface area contributed by atoms with Crippen molar-refractivity contribution in [3.05, 3.63) is 29.1 Å². The number of furan rings is 1. The van der Waals surface area contributed by atoms with Crippen molar-refractivity contribution in [1.29, 1.82) is 0 Å². The summed E-state index contributed by atoms with van der Waals surface area (Å²) in [7, 11) is -2.52. The van der Waals surface area contributed by atoms with Crippen LogP contribution in [-0.4, -0.2) is 71.7 Å². The molecular formula is C20H32N2O4SSi. The molecule has 0 N–H and O–H groups in total. The average molecular weight is 425 g/mol. The predicted octanol–water partition coefficient (Wildman–Crippen LogP) is 3.93. The second-order valence-corrected chi connectivity index (χ2v) is 10.9. The van der Waals surface area contributed by atoms with Crippen molar-refractivity contribution >= 4 is 32.9 Å². The lowest BCUT2D eigenvalue weighted by atomic mass is 10.4. The number of nitrogens with zero attached hydrogens (tertiary/aromatic N) is 2. The zero-order chi connectivity index (χ0) is 19.5. The van der Waals surface area contributed by atoms with Crippen LogP contribution >= 0.6 is 11.8 Å². The van der Waals surface area contributed by atoms with Gasteiger partial charge in [0.05, 0.1) is 26.1 Å². The largest absolute Gasteiger partial charge is 0.501 e. The molecule has 8 heteroatoms. The maximum Gasteiger partial charge on any atom is 0.501 e. The molecule has 0 aliphatic carbocycles. The molecule has 3 aliphatic rings. The molecule has 1 aromatic heterocycles. The summed E-state index contributed by atoms with van der Waals surface area (Å²) in [6, 6.07) is 4.71. The monoisotopic (exact) mass is 424 g/mol. The number of allylic oxidation sites excluding steroid dienone is 1. The fraction of sp³-hybridized carbons (Fsp3) is 0.650. The van der Waals surface area contributed by atoms with Gasteiger partial charge in [-0.3, -0.25) is 9.89 Å². The van der Waals surface area contributed by atoms with Gasteiger partial charge in [-0.2, -0.15) is 0 Å². The van der Waals surface area contributed by atoms with Gasteiger partial charge >= 0.3 is 8.80 Å². The Kier molecular flexibility index (Phi) is 9.30. The summed E-state index contributed by atoms with van der Waals surface area (Å²) < 4.78 is 23.7. The Morgan fingerprint density at radius 1 is 1.18 bits per heavy atom. The Balaban J connectivity index is 1.49. The van der Waals surface area contributed by atoms with E-state index >= 15 is 0 Å². The van der Waals surface area contributed by atoms with E-state index in [2.05, 4.69) is 22.9 Å². The zero-order valence-corrected chi connectivity index (χ0v) is 18.6. The van der Waals surface area contributed by atoms with Crippen molar-refractivity contribution in [2.45, 2.75) is 32.2 Å². The highest BCUT2D eigenvalue weighted by Gasteiger charge is 2.43. The van der Waals surface area contributed by atoms with Crippen molar-refractivity contribution in [2.75, 3.05) is 51.8 Å². The first-order valence-electron chi connectivity index (χ1n) is 10.3. The fourth-order valence-corrected chi connectivity index (χ4v) is 6.67. The molecule has 2 bridgehead atoms. The molecule has 0 atom stereocenters. The molecule has 0 aromatic carbocycles. The van der Waals surface area contributed by atoms with Gasteiger partial charge in [-0.05, 0) is 36.8 Å². The van der Waals surface area contributed by atoms with Crippen LogP contribution in [0.2, 0.25) is 6.04 Å². The van der Waals surface area contributed by atoms with E-state index in [-0.39, 0.29) is 0 Å². The normalized spacial score (nSPS) is 26.3. The van der Waals surface area contributed by atoms with Gasteiger partial charge in [0.1, 0.15) is 5.76 Å². The lowest BCUT2D eigenvalue weighted by Crippen LogP contribution is -2.55. The maximum absolute atomic E-state index is 6.08. The Bertz CT molecular complexity index is 597. The van der Waals surface area contributed by atoms with Gasteiger partial charge in [0.15, 0.2) is 0 Å². The molecular weight excluding hydrogens is 392 g/mol. The van der Waals surface area contributed by atoms with Gasteiger partial charge in [0.2, 0.25) is 0 Å². The summed E-state index contributed by atoms with van der Waals surface area (Å²) in [6.07, 6.45) is 9.04. The quantitative estimate of drug-likeness (QED) is 0.322. The molecule has 0 spiro atoms. The van der Waals surface area contributed by atoms with Gasteiger partial charge in [0, 0.05) is 43.3 Å². The molecule has 0 unspecified atom stereocenters. The molecule has 3 saturated heterocycles. The molecule has 28 heavy (non-hydrogen) atoms. The fourth-order valence-electron chi connectivity index (χ4n) is 3.17. The van der Waals surface area contributed by atoms with Crippen LogP contribution in [0.15, 0.2) is 32.7 Å². The van der Waals surface area contributed by atoms with Gasteiger partial charge in [-0.15, -0.1) is 11.8 Å². The number of thioether (sulfide) groups is 1. The second-order valence-electron chi connectivity index (χ2n) is 6.97. The maximum atomic E-state index is 6.08. The molecule has 0 amide bonds. The van der Waals surface area contributed by atoms with Gasteiger partial charge in [-0.1, -0.05) is 13.3 Å². The number of hydrogen-bond acceptors (Lipinski definition) is 7. The summed E-state index contributed by atoms with van der Waals surface area (Å²) in [5, 5.41) is 0. The third-order valence-corrected chi connectivity index (χ3v) is 8.72. The first kappa shape index (κ1) is 21.8. The number of rotatable bonds is 10. The van der Waals surface area contributed by atoms with E-state index in [1.807, 2.05) is 30.1 Å². The average Bonchev–Trinajstić information content (AvgIpc) is 3.14. The van der Waals surface area contributed by atoms with E-state index in [0.29, 0.717) is 19.8 Å². The minimum Gasteiger partial charge on any atom is -0.465 e. The third-order valence-electron chi connectivity index (χ3n) is 4.77. The summed E-state index contributed by atoms with van der Waals surface area (Å²) in [5.41, 5.74) is 0. The topological polar surface area (TPSA) is 56.4 Å². The lowest BCUT2D eigenvalue weighted by Gasteiger charge is -2.38. The summed E-state index contributed by atoms with van der Waals surface area (Å²) in [5.74, 6) is 1.96. The molecule has 3 fully saturated rings. The van der Waals surface area contributed by atoms with E-state index in [1.54, 1.807) is 6.26 Å². The van der Waals surface area contributed by atoms with Crippen molar-refractivity contribution in [2.24, 2.45) is 4.99 Å². The van der Waals surface area contributed by atoms with E-state index < -0.39 is 8.80 Å². The van der Waals surface area contributed by atoms with Crippen LogP contribution in [0.1, 0.15) is 31.9 Å². The van der Waals surface area contributed by atoms with Crippen LogP contribution in [0.5, 0.6) is 0 Å². The number of hydrogen-bond donors (Lipinski definition) is 0. The summed E-state index contributed by atoms with van der Waals surface area (Å²) in [4.78, 5) is 8.13. The van der Waals surface area contributed by atoms with E-state index in [1.165, 1.54) is 12.8 Å². The first-order chi connectivity index (χ1) is 13.8. The molecule has 4 rings (SSSR count). The standard InChI is InChI=1S/C20H32N2O4SSi/c1-2-3-15-27-20(17-19-6-4-11-23-19)18-21-7-5-16-28-24-12-8-22(9-13-25-28)10-14-26-28/h4,6,11,17-18H,2-3,5,7-10,12-16H2,1H3. The second kappa shape index (κ2) is 11.9. The third kappa shape index (κ3) is 7.17. The Morgan fingerprint density at radius 2 is 1.93 bits per heavy atom.